The standard InChI is InChI=1S/C74H48Si/c1-6-16-50(17-7-1)63-38-28-52-34-44-69-65(40-30-54-32-42-67(63)71(52)73(54)69)57-46-56(49-26-36-62(37-27-49)75(59-20-10-3-11-21-59,60-22-12-4-13-23-60)61-24-14-5-15-25-61)47-58(48-57)66-41-31-55-33-43-68-64(51-18-8-2-9-19-51)39-29-53-35-45-70(66)74(55)72(53)68/h1-48H. The first-order valence-electron chi connectivity index (χ1n) is 26.1. The molecule has 15 rings (SSSR count). The average Bonchev–Trinajstić information content (AvgIpc) is 3.50. The van der Waals surface area contributed by atoms with Gasteiger partial charge in [0.1, 0.15) is 0 Å². The summed E-state index contributed by atoms with van der Waals surface area (Å²) in [4.78, 5) is 0. The van der Waals surface area contributed by atoms with Gasteiger partial charge in [0.15, 0.2) is 8.07 Å². The van der Waals surface area contributed by atoms with Crippen LogP contribution in [0.1, 0.15) is 0 Å². The van der Waals surface area contributed by atoms with Crippen LogP contribution < -0.4 is 20.7 Å². The van der Waals surface area contributed by atoms with Crippen molar-refractivity contribution in [3.05, 3.63) is 291 Å². The summed E-state index contributed by atoms with van der Waals surface area (Å²) in [6, 6.07) is 110. The molecule has 0 aliphatic rings. The Balaban J connectivity index is 0.967. The molecule has 0 aliphatic heterocycles. The fraction of sp³-hybridized carbons (Fsp3) is 0. The monoisotopic (exact) mass is 964 g/mol. The Morgan fingerprint density at radius 2 is 0.440 bits per heavy atom. The van der Waals surface area contributed by atoms with E-state index in [1.54, 1.807) is 0 Å². The molecule has 75 heavy (non-hydrogen) atoms. The van der Waals surface area contributed by atoms with Crippen LogP contribution in [-0.4, -0.2) is 8.07 Å². The highest BCUT2D eigenvalue weighted by Gasteiger charge is 2.41. The van der Waals surface area contributed by atoms with Crippen LogP contribution in [0.4, 0.5) is 0 Å². The van der Waals surface area contributed by atoms with E-state index in [0.717, 1.165) is 0 Å². The zero-order valence-electron chi connectivity index (χ0n) is 41.2. The van der Waals surface area contributed by atoms with Crippen LogP contribution in [0.15, 0.2) is 291 Å². The maximum atomic E-state index is 2.46. The molecule has 0 atom stereocenters. The van der Waals surface area contributed by atoms with Crippen molar-refractivity contribution in [2.45, 2.75) is 0 Å². The van der Waals surface area contributed by atoms with Gasteiger partial charge in [-0.25, -0.2) is 0 Å². The summed E-state index contributed by atoms with van der Waals surface area (Å²) in [6.07, 6.45) is 0. The zero-order valence-corrected chi connectivity index (χ0v) is 42.2. The molecule has 0 amide bonds. The molecule has 0 unspecified atom stereocenters. The van der Waals surface area contributed by atoms with E-state index in [1.807, 2.05) is 0 Å². The van der Waals surface area contributed by atoms with E-state index in [2.05, 4.69) is 291 Å². The minimum Gasteiger partial charge on any atom is -0.0623 e. The van der Waals surface area contributed by atoms with E-state index in [9.17, 15) is 0 Å². The lowest BCUT2D eigenvalue weighted by atomic mass is 9.85. The summed E-state index contributed by atoms with van der Waals surface area (Å²) in [6.45, 7) is 0. The van der Waals surface area contributed by atoms with Crippen molar-refractivity contribution < 1.29 is 0 Å². The molecular weight excluding hydrogens is 917 g/mol. The van der Waals surface area contributed by atoms with Gasteiger partial charge in [-0.1, -0.05) is 273 Å². The van der Waals surface area contributed by atoms with Crippen molar-refractivity contribution in [2.24, 2.45) is 0 Å². The lowest BCUT2D eigenvalue weighted by molar-refractivity contribution is 1.60. The number of rotatable bonds is 9. The number of hydrogen-bond acceptors (Lipinski definition) is 0. The third-order valence-electron chi connectivity index (χ3n) is 16.3. The minimum atomic E-state index is -2.73. The van der Waals surface area contributed by atoms with Gasteiger partial charge < -0.3 is 0 Å². The van der Waals surface area contributed by atoms with Crippen LogP contribution >= 0.6 is 0 Å². The summed E-state index contributed by atoms with van der Waals surface area (Å²) in [7, 11) is -2.73. The fourth-order valence-electron chi connectivity index (χ4n) is 12.9. The molecule has 0 bridgehead atoms. The summed E-state index contributed by atoms with van der Waals surface area (Å²) in [5.41, 5.74) is 12.2. The van der Waals surface area contributed by atoms with Gasteiger partial charge in [-0.05, 0) is 159 Å². The van der Waals surface area contributed by atoms with Gasteiger partial charge in [-0.2, -0.15) is 0 Å². The van der Waals surface area contributed by atoms with Gasteiger partial charge in [-0.3, -0.25) is 0 Å². The fourth-order valence-corrected chi connectivity index (χ4v) is 17.7. The van der Waals surface area contributed by atoms with Crippen LogP contribution in [0.25, 0.3) is 120 Å². The Morgan fingerprint density at radius 1 is 0.173 bits per heavy atom. The maximum absolute atomic E-state index is 2.73. The first-order valence-corrected chi connectivity index (χ1v) is 28.1. The number of benzene rings is 15. The molecule has 0 fully saturated rings. The molecular formula is C74H48Si. The highest BCUT2D eigenvalue weighted by Crippen LogP contribution is 2.46. The summed E-state index contributed by atoms with van der Waals surface area (Å²) >= 11 is 0. The Bertz CT molecular complexity index is 4280. The van der Waals surface area contributed by atoms with E-state index in [1.165, 1.54) is 141 Å². The highest BCUT2D eigenvalue weighted by molar-refractivity contribution is 7.19. The van der Waals surface area contributed by atoms with E-state index in [0.29, 0.717) is 0 Å². The highest BCUT2D eigenvalue weighted by atomic mass is 28.3. The van der Waals surface area contributed by atoms with Crippen molar-refractivity contribution in [1.82, 2.24) is 0 Å². The van der Waals surface area contributed by atoms with Gasteiger partial charge in [0, 0.05) is 0 Å². The topological polar surface area (TPSA) is 0 Å². The third kappa shape index (κ3) is 6.82. The molecule has 0 nitrogen and oxygen atoms in total. The Hall–Kier alpha value is -9.40. The lowest BCUT2D eigenvalue weighted by Gasteiger charge is -2.34. The van der Waals surface area contributed by atoms with Gasteiger partial charge in [0.05, 0.1) is 0 Å². The van der Waals surface area contributed by atoms with Crippen LogP contribution in [0.5, 0.6) is 0 Å². The maximum Gasteiger partial charge on any atom is 0.179 e. The predicted molar refractivity (Wildman–Crippen MR) is 325 cm³/mol. The second kappa shape index (κ2) is 17.4. The summed E-state index contributed by atoms with van der Waals surface area (Å²) < 4.78 is 0. The van der Waals surface area contributed by atoms with Gasteiger partial charge in [-0.15, -0.1) is 0 Å². The molecule has 0 radical (unpaired) electrons. The second-order valence-corrected chi connectivity index (χ2v) is 24.1. The molecule has 0 saturated heterocycles. The Kier molecular flexibility index (Phi) is 10.0. The van der Waals surface area contributed by atoms with Crippen molar-refractivity contribution in [3.8, 4) is 55.6 Å². The molecule has 0 aliphatic carbocycles. The van der Waals surface area contributed by atoms with E-state index < -0.39 is 8.07 Å². The molecule has 1 heteroatoms. The Morgan fingerprint density at radius 3 is 0.773 bits per heavy atom. The van der Waals surface area contributed by atoms with Gasteiger partial charge in [0.2, 0.25) is 0 Å². The smallest absolute Gasteiger partial charge is 0.0623 e. The minimum absolute atomic E-state index is 1.19. The summed E-state index contributed by atoms with van der Waals surface area (Å²) in [5.74, 6) is 0. The lowest BCUT2D eigenvalue weighted by Crippen LogP contribution is -2.74. The van der Waals surface area contributed by atoms with E-state index in [-0.39, 0.29) is 0 Å². The Labute approximate surface area is 437 Å². The predicted octanol–water partition coefficient (Wildman–Crippen LogP) is 17.2. The normalized spacial score (nSPS) is 12.0. The molecule has 0 aromatic heterocycles. The van der Waals surface area contributed by atoms with Gasteiger partial charge >= 0.3 is 0 Å². The van der Waals surface area contributed by atoms with Crippen molar-refractivity contribution in [2.75, 3.05) is 0 Å². The van der Waals surface area contributed by atoms with E-state index >= 15 is 0 Å². The SMILES string of the molecule is c1ccc(-c2ccc3ccc4c(-c5cc(-c6ccc([Si](c7ccccc7)(c7ccccc7)c7ccccc7)cc6)cc(-c6ccc7ccc8c(-c9ccccc9)ccc9ccc6c7c98)c5)ccc5ccc2c3c54)cc1. The van der Waals surface area contributed by atoms with Crippen LogP contribution in [-0.2, 0) is 0 Å². The third-order valence-corrected chi connectivity index (χ3v) is 21.1. The first-order chi connectivity index (χ1) is 37.2. The van der Waals surface area contributed by atoms with Crippen molar-refractivity contribution >= 4 is 93.5 Å². The van der Waals surface area contributed by atoms with E-state index in [4.69, 9.17) is 0 Å². The summed E-state index contributed by atoms with van der Waals surface area (Å²) in [5, 5.41) is 20.9. The average molecular weight is 965 g/mol. The van der Waals surface area contributed by atoms with Crippen molar-refractivity contribution in [3.63, 3.8) is 0 Å². The second-order valence-electron chi connectivity index (χ2n) is 20.3. The molecule has 15 aromatic carbocycles. The zero-order chi connectivity index (χ0) is 49.5. The quantitative estimate of drug-likeness (QED) is 0.0768. The largest absolute Gasteiger partial charge is 0.179 e. The molecule has 348 valence electrons. The molecule has 0 saturated carbocycles. The molecule has 0 N–H and O–H groups in total. The molecule has 0 spiro atoms. The molecule has 15 aromatic rings. The first kappa shape index (κ1) is 43.2. The van der Waals surface area contributed by atoms with Gasteiger partial charge in [0.25, 0.3) is 0 Å². The van der Waals surface area contributed by atoms with Crippen LogP contribution in [0.2, 0.25) is 0 Å². The number of hydrogen-bond donors (Lipinski definition) is 0. The van der Waals surface area contributed by atoms with Crippen LogP contribution in [0, 0.1) is 0 Å². The molecule has 0 heterocycles. The van der Waals surface area contributed by atoms with Crippen LogP contribution in [0.3, 0.4) is 0 Å². The van der Waals surface area contributed by atoms with Crippen molar-refractivity contribution in [1.29, 1.82) is 0 Å².